The molecule has 1 fully saturated rings. The van der Waals surface area contributed by atoms with Crippen LogP contribution in [0, 0.1) is 5.92 Å². The fourth-order valence-electron chi connectivity index (χ4n) is 2.63. The van der Waals surface area contributed by atoms with Gasteiger partial charge in [-0.05, 0) is 18.1 Å². The Bertz CT molecular complexity index is 572. The Labute approximate surface area is 122 Å². The molecule has 0 saturated carbocycles. The van der Waals surface area contributed by atoms with Gasteiger partial charge in [0.05, 0.1) is 17.7 Å². The van der Waals surface area contributed by atoms with Crippen molar-refractivity contribution in [3.8, 4) is 0 Å². The lowest BCUT2D eigenvalue weighted by Gasteiger charge is -2.37. The minimum Gasteiger partial charge on any atom is -0.328 e. The van der Waals surface area contributed by atoms with E-state index in [1.807, 2.05) is 4.90 Å². The molecule has 1 aromatic rings. The minimum atomic E-state index is -0.584. The molecule has 3 rings (SSSR count). The second kappa shape index (κ2) is 5.29. The van der Waals surface area contributed by atoms with Crippen LogP contribution < -0.4 is 0 Å². The van der Waals surface area contributed by atoms with Crippen molar-refractivity contribution in [3.63, 3.8) is 0 Å². The normalized spacial score (nSPS) is 18.6. The van der Waals surface area contributed by atoms with Gasteiger partial charge >= 0.3 is 5.97 Å². The maximum absolute atomic E-state index is 12.0. The molecular formula is C15H16N2O4. The van der Waals surface area contributed by atoms with Crippen molar-refractivity contribution in [1.29, 1.82) is 0 Å². The lowest BCUT2D eigenvalue weighted by atomic mass is 9.98. The third kappa shape index (κ3) is 2.42. The summed E-state index contributed by atoms with van der Waals surface area (Å²) < 4.78 is 0. The lowest BCUT2D eigenvalue weighted by Crippen LogP contribution is -2.49. The van der Waals surface area contributed by atoms with Gasteiger partial charge in [0, 0.05) is 13.1 Å². The van der Waals surface area contributed by atoms with Crippen LogP contribution in [-0.2, 0) is 9.63 Å². The first-order valence-electron chi connectivity index (χ1n) is 7.01. The number of carbonyl (C=O) groups is 3. The highest BCUT2D eigenvalue weighted by molar-refractivity contribution is 6.20. The first-order chi connectivity index (χ1) is 10.1. The highest BCUT2D eigenvalue weighted by Gasteiger charge is 2.39. The molecule has 6 heteroatoms. The fourth-order valence-corrected chi connectivity index (χ4v) is 2.63. The van der Waals surface area contributed by atoms with Crippen molar-refractivity contribution in [2.75, 3.05) is 19.6 Å². The van der Waals surface area contributed by atoms with E-state index in [4.69, 9.17) is 4.84 Å². The van der Waals surface area contributed by atoms with Crippen LogP contribution >= 0.6 is 0 Å². The van der Waals surface area contributed by atoms with Crippen LogP contribution in [0.5, 0.6) is 0 Å². The Hall–Kier alpha value is -2.21. The second-order valence-electron chi connectivity index (χ2n) is 5.38. The van der Waals surface area contributed by atoms with Crippen LogP contribution in [0.3, 0.4) is 0 Å². The molecule has 0 aliphatic carbocycles. The Morgan fingerprint density at radius 1 is 1.19 bits per heavy atom. The summed E-state index contributed by atoms with van der Waals surface area (Å²) >= 11 is 0. The summed E-state index contributed by atoms with van der Waals surface area (Å²) in [6, 6.07) is 6.43. The molecule has 2 aliphatic heterocycles. The SMILES string of the molecule is CCC1CN(CC(=O)ON2C(=O)c3ccccc3C2=O)C1. The summed E-state index contributed by atoms with van der Waals surface area (Å²) in [4.78, 5) is 42.8. The number of nitrogens with zero attached hydrogens (tertiary/aromatic N) is 2. The van der Waals surface area contributed by atoms with Gasteiger partial charge in [0.15, 0.2) is 0 Å². The van der Waals surface area contributed by atoms with Gasteiger partial charge in [-0.3, -0.25) is 14.5 Å². The summed E-state index contributed by atoms with van der Waals surface area (Å²) in [5.41, 5.74) is 0.538. The summed E-state index contributed by atoms with van der Waals surface area (Å²) in [7, 11) is 0. The van der Waals surface area contributed by atoms with Crippen molar-refractivity contribution in [1.82, 2.24) is 9.96 Å². The van der Waals surface area contributed by atoms with Crippen molar-refractivity contribution in [2.45, 2.75) is 13.3 Å². The van der Waals surface area contributed by atoms with E-state index in [1.165, 1.54) is 0 Å². The van der Waals surface area contributed by atoms with Crippen LogP contribution in [-0.4, -0.2) is 47.4 Å². The molecular weight excluding hydrogens is 272 g/mol. The molecule has 2 aliphatic rings. The molecule has 1 aromatic carbocycles. The van der Waals surface area contributed by atoms with E-state index in [0.29, 0.717) is 11.0 Å². The molecule has 0 spiro atoms. The number of benzene rings is 1. The van der Waals surface area contributed by atoms with Crippen LogP contribution in [0.4, 0.5) is 0 Å². The number of likely N-dealkylation sites (tertiary alicyclic amines) is 1. The standard InChI is InChI=1S/C15H16N2O4/c1-2-10-7-16(8-10)9-13(18)21-17-14(19)11-5-3-4-6-12(11)15(17)20/h3-6,10H,2,7-9H2,1H3. The number of hydrogen-bond donors (Lipinski definition) is 0. The molecule has 2 heterocycles. The van der Waals surface area contributed by atoms with Gasteiger partial charge < -0.3 is 4.84 Å². The van der Waals surface area contributed by atoms with E-state index in [1.54, 1.807) is 24.3 Å². The third-order valence-corrected chi connectivity index (χ3v) is 3.91. The molecule has 0 N–H and O–H groups in total. The predicted octanol–water partition coefficient (Wildman–Crippen LogP) is 1.08. The Balaban J connectivity index is 1.60. The smallest absolute Gasteiger partial charge is 0.328 e. The summed E-state index contributed by atoms with van der Waals surface area (Å²) in [5.74, 6) is -1.13. The molecule has 2 amide bonds. The Morgan fingerprint density at radius 2 is 1.76 bits per heavy atom. The van der Waals surface area contributed by atoms with E-state index < -0.39 is 17.8 Å². The largest absolute Gasteiger partial charge is 0.347 e. The number of imide groups is 1. The van der Waals surface area contributed by atoms with Gasteiger partial charge in [-0.25, -0.2) is 4.79 Å². The zero-order valence-corrected chi connectivity index (χ0v) is 11.7. The second-order valence-corrected chi connectivity index (χ2v) is 5.38. The van der Waals surface area contributed by atoms with E-state index in [9.17, 15) is 14.4 Å². The number of hydroxylamine groups is 2. The molecule has 110 valence electrons. The zero-order chi connectivity index (χ0) is 15.0. The van der Waals surface area contributed by atoms with E-state index in [-0.39, 0.29) is 17.7 Å². The number of amides is 2. The monoisotopic (exact) mass is 288 g/mol. The summed E-state index contributed by atoms with van der Waals surface area (Å²) in [6.07, 6.45) is 1.09. The maximum Gasteiger partial charge on any atom is 0.347 e. The minimum absolute atomic E-state index is 0.101. The van der Waals surface area contributed by atoms with Crippen LogP contribution in [0.1, 0.15) is 34.1 Å². The Kier molecular flexibility index (Phi) is 3.47. The highest BCUT2D eigenvalue weighted by atomic mass is 16.7. The molecule has 6 nitrogen and oxygen atoms in total. The molecule has 0 atom stereocenters. The van der Waals surface area contributed by atoms with E-state index >= 15 is 0 Å². The van der Waals surface area contributed by atoms with Gasteiger partial charge in [-0.2, -0.15) is 0 Å². The zero-order valence-electron chi connectivity index (χ0n) is 11.7. The average Bonchev–Trinajstić information content (AvgIpc) is 2.68. The molecule has 0 unspecified atom stereocenters. The van der Waals surface area contributed by atoms with Gasteiger partial charge in [0.1, 0.15) is 0 Å². The molecule has 21 heavy (non-hydrogen) atoms. The molecule has 0 bridgehead atoms. The molecule has 1 saturated heterocycles. The maximum atomic E-state index is 12.0. The van der Waals surface area contributed by atoms with Crippen molar-refractivity contribution in [2.24, 2.45) is 5.92 Å². The van der Waals surface area contributed by atoms with Crippen LogP contribution in [0.15, 0.2) is 24.3 Å². The highest BCUT2D eigenvalue weighted by Crippen LogP contribution is 2.23. The van der Waals surface area contributed by atoms with Crippen molar-refractivity contribution in [3.05, 3.63) is 35.4 Å². The number of hydrogen-bond acceptors (Lipinski definition) is 5. The lowest BCUT2D eigenvalue weighted by molar-refractivity contribution is -0.171. The molecule has 0 radical (unpaired) electrons. The van der Waals surface area contributed by atoms with E-state index in [0.717, 1.165) is 19.5 Å². The molecule has 0 aromatic heterocycles. The Morgan fingerprint density at radius 3 is 2.29 bits per heavy atom. The first kappa shape index (κ1) is 13.8. The first-order valence-corrected chi connectivity index (χ1v) is 7.01. The van der Waals surface area contributed by atoms with Gasteiger partial charge in [-0.15, -0.1) is 0 Å². The average molecular weight is 288 g/mol. The predicted molar refractivity (Wildman–Crippen MR) is 73.3 cm³/mol. The van der Waals surface area contributed by atoms with Crippen molar-refractivity contribution >= 4 is 17.8 Å². The van der Waals surface area contributed by atoms with Gasteiger partial charge in [0.25, 0.3) is 11.8 Å². The van der Waals surface area contributed by atoms with Crippen molar-refractivity contribution < 1.29 is 19.2 Å². The topological polar surface area (TPSA) is 66.9 Å². The third-order valence-electron chi connectivity index (χ3n) is 3.91. The van der Waals surface area contributed by atoms with Crippen LogP contribution in [0.25, 0.3) is 0 Å². The quantitative estimate of drug-likeness (QED) is 0.776. The summed E-state index contributed by atoms with van der Waals surface area (Å²) in [6.45, 7) is 3.92. The number of rotatable bonds is 4. The number of fused-ring (bicyclic) bond motifs is 1. The fraction of sp³-hybridized carbons (Fsp3) is 0.400. The number of carbonyl (C=O) groups excluding carboxylic acids is 3. The van der Waals surface area contributed by atoms with Crippen LogP contribution in [0.2, 0.25) is 0 Å². The van der Waals surface area contributed by atoms with Gasteiger partial charge in [-0.1, -0.05) is 30.5 Å². The van der Waals surface area contributed by atoms with Gasteiger partial charge in [0.2, 0.25) is 0 Å². The van der Waals surface area contributed by atoms with E-state index in [2.05, 4.69) is 6.92 Å². The summed E-state index contributed by atoms with van der Waals surface area (Å²) in [5, 5.41) is 0.560.